The van der Waals surface area contributed by atoms with E-state index in [1.54, 1.807) is 7.11 Å². The van der Waals surface area contributed by atoms with Gasteiger partial charge in [-0.2, -0.15) is 0 Å². The summed E-state index contributed by atoms with van der Waals surface area (Å²) >= 11 is 1.17. The van der Waals surface area contributed by atoms with E-state index in [1.165, 1.54) is 11.3 Å². The number of ether oxygens (including phenoxy) is 1. The van der Waals surface area contributed by atoms with Crippen LogP contribution < -0.4 is 9.61 Å². The smallest absolute Gasteiger partial charge is 0.304 e. The Kier molecular flexibility index (Phi) is 2.60. The molecule has 0 aliphatic heterocycles. The van der Waals surface area contributed by atoms with Crippen LogP contribution in [0, 0.1) is 6.92 Å². The molecule has 0 bridgehead atoms. The summed E-state index contributed by atoms with van der Waals surface area (Å²) in [6.45, 7) is 1.98. The first-order valence-electron chi connectivity index (χ1n) is 4.53. The van der Waals surface area contributed by atoms with Crippen molar-refractivity contribution in [1.29, 1.82) is 0 Å². The molecule has 1 heterocycles. The van der Waals surface area contributed by atoms with E-state index < -0.39 is 0 Å². The third-order valence-electron chi connectivity index (χ3n) is 2.23. The molecule has 0 unspecified atom stereocenters. The Morgan fingerprint density at radius 1 is 1.40 bits per heavy atom. The third kappa shape index (κ3) is 1.94. The molecule has 4 heteroatoms. The molecule has 2 aromatic rings. The molecule has 0 spiro atoms. The number of thiazole rings is 1. The average molecular weight is 221 g/mol. The number of hydrogen-bond acceptors (Lipinski definition) is 3. The van der Waals surface area contributed by atoms with Crippen molar-refractivity contribution < 1.29 is 4.74 Å². The van der Waals surface area contributed by atoms with Crippen molar-refractivity contribution in [2.24, 2.45) is 0 Å². The molecule has 0 aliphatic rings. The number of benzene rings is 1. The first-order chi connectivity index (χ1) is 7.20. The fourth-order valence-electron chi connectivity index (χ4n) is 1.47. The molecule has 0 atom stereocenters. The molecular weight excluding hydrogens is 210 g/mol. The largest absolute Gasteiger partial charge is 0.496 e. The van der Waals surface area contributed by atoms with Crippen LogP contribution in [0.15, 0.2) is 28.4 Å². The van der Waals surface area contributed by atoms with Crippen LogP contribution in [0.5, 0.6) is 5.75 Å². The maximum Gasteiger partial charge on any atom is 0.304 e. The van der Waals surface area contributed by atoms with Gasteiger partial charge in [0.1, 0.15) is 5.75 Å². The number of hydrogen-bond donors (Lipinski definition) is 1. The molecule has 0 saturated heterocycles. The second-order valence-electron chi connectivity index (χ2n) is 3.25. The Morgan fingerprint density at radius 2 is 2.20 bits per heavy atom. The number of rotatable bonds is 2. The minimum atomic E-state index is -0.0292. The maximum atomic E-state index is 11.0. The zero-order chi connectivity index (χ0) is 10.8. The predicted octanol–water partition coefficient (Wildman–Crippen LogP) is 2.42. The normalized spacial score (nSPS) is 10.3. The Labute approximate surface area is 91.4 Å². The summed E-state index contributed by atoms with van der Waals surface area (Å²) in [6.07, 6.45) is 0. The molecule has 0 amide bonds. The van der Waals surface area contributed by atoms with Crippen molar-refractivity contribution in [2.75, 3.05) is 7.11 Å². The molecule has 2 rings (SSSR count). The zero-order valence-electron chi connectivity index (χ0n) is 8.53. The molecule has 15 heavy (non-hydrogen) atoms. The summed E-state index contributed by atoms with van der Waals surface area (Å²) in [6, 6.07) is 5.83. The van der Waals surface area contributed by atoms with Crippen LogP contribution in [0.3, 0.4) is 0 Å². The highest BCUT2D eigenvalue weighted by molar-refractivity contribution is 7.07. The molecule has 0 aliphatic carbocycles. The molecule has 0 radical (unpaired) electrons. The van der Waals surface area contributed by atoms with Gasteiger partial charge in [-0.15, -0.1) is 0 Å². The van der Waals surface area contributed by atoms with Crippen LogP contribution in [0.4, 0.5) is 0 Å². The van der Waals surface area contributed by atoms with E-state index in [-0.39, 0.29) is 4.87 Å². The lowest BCUT2D eigenvalue weighted by Crippen LogP contribution is -1.93. The fourth-order valence-corrected chi connectivity index (χ4v) is 2.06. The van der Waals surface area contributed by atoms with Crippen LogP contribution in [0.25, 0.3) is 11.3 Å². The van der Waals surface area contributed by atoms with Crippen molar-refractivity contribution in [3.05, 3.63) is 38.8 Å². The standard InChI is InChI=1S/C11H11NO2S/c1-7-5-8(3-4-10(7)14-2)9-6-15-11(13)12-9/h3-6H,1-2H3,(H,12,13). The van der Waals surface area contributed by atoms with E-state index in [4.69, 9.17) is 4.74 Å². The lowest BCUT2D eigenvalue weighted by atomic mass is 10.1. The molecular formula is C11H11NO2S. The van der Waals surface area contributed by atoms with E-state index in [9.17, 15) is 4.79 Å². The van der Waals surface area contributed by atoms with Gasteiger partial charge in [0, 0.05) is 5.38 Å². The van der Waals surface area contributed by atoms with Crippen molar-refractivity contribution >= 4 is 11.3 Å². The van der Waals surface area contributed by atoms with Gasteiger partial charge in [0.15, 0.2) is 0 Å². The molecule has 1 aromatic carbocycles. The van der Waals surface area contributed by atoms with Gasteiger partial charge in [-0.3, -0.25) is 4.79 Å². The van der Waals surface area contributed by atoms with E-state index in [1.807, 2.05) is 30.5 Å². The molecule has 1 aromatic heterocycles. The third-order valence-corrected chi connectivity index (χ3v) is 2.90. The summed E-state index contributed by atoms with van der Waals surface area (Å²) in [7, 11) is 1.65. The van der Waals surface area contributed by atoms with Crippen LogP contribution in [-0.4, -0.2) is 12.1 Å². The molecule has 0 fully saturated rings. The Hall–Kier alpha value is -1.55. The van der Waals surface area contributed by atoms with E-state index in [0.29, 0.717) is 0 Å². The van der Waals surface area contributed by atoms with E-state index >= 15 is 0 Å². The lowest BCUT2D eigenvalue weighted by molar-refractivity contribution is 0.412. The molecule has 78 valence electrons. The minimum Gasteiger partial charge on any atom is -0.496 e. The Morgan fingerprint density at radius 3 is 2.73 bits per heavy atom. The van der Waals surface area contributed by atoms with Gasteiger partial charge < -0.3 is 9.72 Å². The van der Waals surface area contributed by atoms with Gasteiger partial charge in [0.2, 0.25) is 0 Å². The predicted molar refractivity (Wildman–Crippen MR) is 61.7 cm³/mol. The highest BCUT2D eigenvalue weighted by Gasteiger charge is 2.03. The number of aryl methyl sites for hydroxylation is 1. The second-order valence-corrected chi connectivity index (χ2v) is 4.09. The van der Waals surface area contributed by atoms with Crippen molar-refractivity contribution in [1.82, 2.24) is 4.98 Å². The minimum absolute atomic E-state index is 0.0292. The highest BCUT2D eigenvalue weighted by Crippen LogP contribution is 2.24. The maximum absolute atomic E-state index is 11.0. The van der Waals surface area contributed by atoms with Gasteiger partial charge in [-0.05, 0) is 36.2 Å². The van der Waals surface area contributed by atoms with Crippen molar-refractivity contribution in [2.45, 2.75) is 6.92 Å². The van der Waals surface area contributed by atoms with Crippen LogP contribution in [0.2, 0.25) is 0 Å². The summed E-state index contributed by atoms with van der Waals surface area (Å²) in [5.41, 5.74) is 2.92. The Balaban J connectivity index is 2.46. The van der Waals surface area contributed by atoms with Crippen molar-refractivity contribution in [3.63, 3.8) is 0 Å². The SMILES string of the molecule is COc1ccc(-c2csc(=O)[nH]2)cc1C. The topological polar surface area (TPSA) is 42.1 Å². The number of methoxy groups -OCH3 is 1. The summed E-state index contributed by atoms with van der Waals surface area (Å²) < 4.78 is 5.17. The molecule has 0 saturated carbocycles. The zero-order valence-corrected chi connectivity index (χ0v) is 9.35. The molecule has 3 nitrogen and oxygen atoms in total. The number of aromatic nitrogens is 1. The van der Waals surface area contributed by atoms with Gasteiger partial charge in [0.25, 0.3) is 0 Å². The quantitative estimate of drug-likeness (QED) is 0.846. The monoisotopic (exact) mass is 221 g/mol. The number of nitrogens with one attached hydrogen (secondary N) is 1. The first-order valence-corrected chi connectivity index (χ1v) is 5.41. The highest BCUT2D eigenvalue weighted by atomic mass is 32.1. The summed E-state index contributed by atoms with van der Waals surface area (Å²) in [5, 5.41) is 1.82. The van der Waals surface area contributed by atoms with Crippen LogP contribution in [-0.2, 0) is 0 Å². The van der Waals surface area contributed by atoms with Gasteiger partial charge in [-0.1, -0.05) is 11.3 Å². The van der Waals surface area contributed by atoms with Crippen LogP contribution in [0.1, 0.15) is 5.56 Å². The van der Waals surface area contributed by atoms with E-state index in [2.05, 4.69) is 4.98 Å². The van der Waals surface area contributed by atoms with Crippen molar-refractivity contribution in [3.8, 4) is 17.0 Å². The number of aromatic amines is 1. The fraction of sp³-hybridized carbons (Fsp3) is 0.182. The van der Waals surface area contributed by atoms with Gasteiger partial charge >= 0.3 is 4.87 Å². The lowest BCUT2D eigenvalue weighted by Gasteiger charge is -2.05. The average Bonchev–Trinajstić information content (AvgIpc) is 2.65. The van der Waals surface area contributed by atoms with E-state index in [0.717, 1.165) is 22.6 Å². The number of H-pyrrole nitrogens is 1. The summed E-state index contributed by atoms with van der Waals surface area (Å²) in [5.74, 6) is 0.858. The van der Waals surface area contributed by atoms with Gasteiger partial charge in [-0.25, -0.2) is 0 Å². The van der Waals surface area contributed by atoms with Crippen LogP contribution >= 0.6 is 11.3 Å². The first kappa shape index (κ1) is 9.98. The van der Waals surface area contributed by atoms with Gasteiger partial charge in [0.05, 0.1) is 12.8 Å². The second kappa shape index (κ2) is 3.90. The summed E-state index contributed by atoms with van der Waals surface area (Å²) in [4.78, 5) is 13.8. The Bertz CT molecular complexity index is 527. The molecule has 1 N–H and O–H groups in total.